The smallest absolute Gasteiger partial charge is 0.329 e. The van der Waals surface area contributed by atoms with Crippen molar-refractivity contribution in [1.82, 2.24) is 20.3 Å². The minimum atomic E-state index is -1.29. The molecule has 1 aliphatic rings. The van der Waals surface area contributed by atoms with Gasteiger partial charge in [-0.15, -0.1) is 5.10 Å². The summed E-state index contributed by atoms with van der Waals surface area (Å²) in [6.07, 6.45) is 3.13. The van der Waals surface area contributed by atoms with Crippen LogP contribution in [-0.4, -0.2) is 42.4 Å². The highest BCUT2D eigenvalue weighted by atomic mass is 16.6. The molecule has 1 saturated carbocycles. The van der Waals surface area contributed by atoms with E-state index < -0.39 is 22.3 Å². The second-order valence-corrected chi connectivity index (χ2v) is 6.61. The molecule has 1 heterocycles. The molecular formula is C17H19N5O5. The fourth-order valence-corrected chi connectivity index (χ4v) is 3.35. The van der Waals surface area contributed by atoms with Crippen molar-refractivity contribution in [2.45, 2.75) is 44.6 Å². The third-order valence-corrected chi connectivity index (χ3v) is 4.86. The molecule has 1 aromatic heterocycles. The van der Waals surface area contributed by atoms with E-state index in [1.807, 2.05) is 0 Å². The number of hydrogen-bond donors (Lipinski definition) is 2. The lowest BCUT2D eigenvalue weighted by molar-refractivity contribution is -0.384. The molecule has 1 amide bonds. The summed E-state index contributed by atoms with van der Waals surface area (Å²) < 4.78 is 1.32. The molecule has 0 aliphatic heterocycles. The molecule has 0 spiro atoms. The largest absolute Gasteiger partial charge is 0.480 e. The van der Waals surface area contributed by atoms with Crippen LogP contribution in [0, 0.1) is 17.0 Å². The Morgan fingerprint density at radius 3 is 2.63 bits per heavy atom. The normalized spacial score (nSPS) is 15.9. The number of carbonyl (C=O) groups is 2. The number of rotatable bonds is 5. The van der Waals surface area contributed by atoms with Gasteiger partial charge in [-0.2, -0.15) is 0 Å². The van der Waals surface area contributed by atoms with E-state index in [4.69, 9.17) is 0 Å². The molecule has 27 heavy (non-hydrogen) atoms. The Kier molecular flexibility index (Phi) is 4.89. The number of aromatic nitrogens is 3. The van der Waals surface area contributed by atoms with E-state index in [1.54, 1.807) is 13.0 Å². The second kappa shape index (κ2) is 7.14. The molecule has 10 nitrogen and oxygen atoms in total. The summed E-state index contributed by atoms with van der Waals surface area (Å²) in [4.78, 5) is 34.8. The topological polar surface area (TPSA) is 140 Å². The monoisotopic (exact) mass is 373 g/mol. The Morgan fingerprint density at radius 2 is 2.00 bits per heavy atom. The van der Waals surface area contributed by atoms with Crippen LogP contribution in [0.3, 0.4) is 0 Å². The standard InChI is InChI=1S/C17H19N5O5/c1-11-14(15(23)18-17(16(24)25)8-3-2-4-9-17)19-20-21(11)12-6-5-7-13(10-12)22(26)27/h5-7,10H,2-4,8-9H2,1H3,(H,18,23)(H,24,25). The zero-order valence-corrected chi connectivity index (χ0v) is 14.7. The first-order chi connectivity index (χ1) is 12.8. The minimum absolute atomic E-state index is 0.00676. The Bertz CT molecular complexity index is 901. The highest BCUT2D eigenvalue weighted by molar-refractivity contribution is 5.97. The molecule has 0 unspecified atom stereocenters. The number of carbonyl (C=O) groups excluding carboxylic acids is 1. The SMILES string of the molecule is Cc1c(C(=O)NC2(C(=O)O)CCCCC2)nnn1-c1cccc([N+](=O)[O-])c1. The average molecular weight is 373 g/mol. The fourth-order valence-electron chi connectivity index (χ4n) is 3.35. The van der Waals surface area contributed by atoms with Crippen LogP contribution in [0.4, 0.5) is 5.69 Å². The summed E-state index contributed by atoms with van der Waals surface area (Å²) in [7, 11) is 0. The van der Waals surface area contributed by atoms with E-state index in [1.165, 1.54) is 22.9 Å². The van der Waals surface area contributed by atoms with Gasteiger partial charge in [0, 0.05) is 12.1 Å². The Hall–Kier alpha value is -3.30. The number of amides is 1. The number of non-ortho nitro benzene ring substituents is 1. The van der Waals surface area contributed by atoms with E-state index in [0.717, 1.165) is 19.3 Å². The number of nitro groups is 1. The van der Waals surface area contributed by atoms with Crippen LogP contribution in [0.5, 0.6) is 0 Å². The third kappa shape index (κ3) is 3.50. The van der Waals surface area contributed by atoms with E-state index in [9.17, 15) is 24.8 Å². The van der Waals surface area contributed by atoms with Crippen molar-refractivity contribution in [3.05, 3.63) is 45.8 Å². The lowest BCUT2D eigenvalue weighted by atomic mass is 9.81. The van der Waals surface area contributed by atoms with Crippen LogP contribution in [0.15, 0.2) is 24.3 Å². The molecule has 3 rings (SSSR count). The van der Waals surface area contributed by atoms with Gasteiger partial charge in [0.15, 0.2) is 5.69 Å². The van der Waals surface area contributed by atoms with Crippen LogP contribution in [0.25, 0.3) is 5.69 Å². The summed E-state index contributed by atoms with van der Waals surface area (Å²) in [5.74, 6) is -1.67. The van der Waals surface area contributed by atoms with Gasteiger partial charge in [-0.05, 0) is 25.8 Å². The zero-order chi connectivity index (χ0) is 19.6. The molecule has 2 N–H and O–H groups in total. The lowest BCUT2D eigenvalue weighted by Crippen LogP contribution is -2.55. The van der Waals surface area contributed by atoms with Crippen molar-refractivity contribution in [2.75, 3.05) is 0 Å². The van der Waals surface area contributed by atoms with E-state index in [-0.39, 0.29) is 11.4 Å². The van der Waals surface area contributed by atoms with Gasteiger partial charge in [0.1, 0.15) is 5.54 Å². The number of aliphatic carboxylic acids is 1. The van der Waals surface area contributed by atoms with Gasteiger partial charge >= 0.3 is 5.97 Å². The summed E-state index contributed by atoms with van der Waals surface area (Å²) >= 11 is 0. The van der Waals surface area contributed by atoms with Crippen molar-refractivity contribution in [3.63, 3.8) is 0 Å². The third-order valence-electron chi connectivity index (χ3n) is 4.86. The molecule has 1 fully saturated rings. The molecule has 142 valence electrons. The van der Waals surface area contributed by atoms with Gasteiger partial charge in [0.2, 0.25) is 0 Å². The van der Waals surface area contributed by atoms with Gasteiger partial charge in [-0.1, -0.05) is 30.5 Å². The Labute approximate surface area is 154 Å². The maximum atomic E-state index is 12.7. The number of carboxylic acids is 1. The van der Waals surface area contributed by atoms with Crippen LogP contribution in [0.1, 0.15) is 48.3 Å². The van der Waals surface area contributed by atoms with Gasteiger partial charge in [-0.25, -0.2) is 9.48 Å². The zero-order valence-electron chi connectivity index (χ0n) is 14.7. The first-order valence-electron chi connectivity index (χ1n) is 8.57. The molecule has 0 saturated heterocycles. The van der Waals surface area contributed by atoms with Crippen LogP contribution < -0.4 is 5.32 Å². The Balaban J connectivity index is 1.88. The van der Waals surface area contributed by atoms with Gasteiger partial charge in [-0.3, -0.25) is 14.9 Å². The quantitative estimate of drug-likeness (QED) is 0.603. The van der Waals surface area contributed by atoms with Gasteiger partial charge in [0.05, 0.1) is 16.3 Å². The molecule has 1 aromatic carbocycles. The number of benzene rings is 1. The van der Waals surface area contributed by atoms with Crippen LogP contribution >= 0.6 is 0 Å². The summed E-state index contributed by atoms with van der Waals surface area (Å²) in [5.41, 5.74) is -0.659. The van der Waals surface area contributed by atoms with E-state index >= 15 is 0 Å². The van der Waals surface area contributed by atoms with Gasteiger partial charge in [0.25, 0.3) is 11.6 Å². The molecule has 1 aliphatic carbocycles. The van der Waals surface area contributed by atoms with Crippen molar-refractivity contribution in [1.29, 1.82) is 0 Å². The molecule has 2 aromatic rings. The summed E-state index contributed by atoms with van der Waals surface area (Å²) in [6, 6.07) is 5.79. The van der Waals surface area contributed by atoms with E-state index in [0.29, 0.717) is 24.2 Å². The number of hydrogen-bond acceptors (Lipinski definition) is 6. The molecule has 0 radical (unpaired) electrons. The Morgan fingerprint density at radius 1 is 1.30 bits per heavy atom. The molecule has 0 atom stereocenters. The summed E-state index contributed by atoms with van der Waals surface area (Å²) in [5, 5.41) is 30.9. The average Bonchev–Trinajstić information content (AvgIpc) is 3.04. The number of nitro benzene ring substituents is 1. The number of carboxylic acid groups (broad SMARTS) is 1. The first kappa shape index (κ1) is 18.5. The highest BCUT2D eigenvalue weighted by Crippen LogP contribution is 2.29. The minimum Gasteiger partial charge on any atom is -0.480 e. The first-order valence-corrected chi connectivity index (χ1v) is 8.57. The molecule has 0 bridgehead atoms. The predicted octanol–water partition coefficient (Wildman–Crippen LogP) is 2.00. The van der Waals surface area contributed by atoms with Crippen molar-refractivity contribution >= 4 is 17.6 Å². The number of nitrogens with zero attached hydrogens (tertiary/aromatic N) is 4. The second-order valence-electron chi connectivity index (χ2n) is 6.61. The lowest BCUT2D eigenvalue weighted by Gasteiger charge is -2.33. The van der Waals surface area contributed by atoms with Crippen molar-refractivity contribution in [3.8, 4) is 5.69 Å². The maximum absolute atomic E-state index is 12.7. The fraction of sp³-hybridized carbons (Fsp3) is 0.412. The molecular weight excluding hydrogens is 354 g/mol. The van der Waals surface area contributed by atoms with Crippen LogP contribution in [0.2, 0.25) is 0 Å². The van der Waals surface area contributed by atoms with Gasteiger partial charge < -0.3 is 10.4 Å². The molecule has 10 heteroatoms. The predicted molar refractivity (Wildman–Crippen MR) is 93.7 cm³/mol. The van der Waals surface area contributed by atoms with Crippen molar-refractivity contribution in [2.24, 2.45) is 0 Å². The van der Waals surface area contributed by atoms with Crippen LogP contribution in [-0.2, 0) is 4.79 Å². The van der Waals surface area contributed by atoms with Crippen molar-refractivity contribution < 1.29 is 19.6 Å². The number of nitrogens with one attached hydrogen (secondary N) is 1. The van der Waals surface area contributed by atoms with E-state index in [2.05, 4.69) is 15.6 Å². The highest BCUT2D eigenvalue weighted by Gasteiger charge is 2.41. The maximum Gasteiger partial charge on any atom is 0.329 e. The summed E-state index contributed by atoms with van der Waals surface area (Å²) in [6.45, 7) is 1.60.